The van der Waals surface area contributed by atoms with Gasteiger partial charge in [0.1, 0.15) is 12.2 Å². The van der Waals surface area contributed by atoms with Gasteiger partial charge in [-0.2, -0.15) is 0 Å². The summed E-state index contributed by atoms with van der Waals surface area (Å²) in [4.78, 5) is 62.0. The molecule has 2 N–H and O–H groups in total. The monoisotopic (exact) mass is 524 g/mol. The van der Waals surface area contributed by atoms with Crippen molar-refractivity contribution in [3.8, 4) is 0 Å². The van der Waals surface area contributed by atoms with Crippen LogP contribution in [0.5, 0.6) is 0 Å². The Morgan fingerprint density at radius 3 is 2.41 bits per heavy atom. The Bertz CT molecular complexity index is 1020. The molecule has 0 aromatic heterocycles. The fraction of sp³-hybridized carbons (Fsp3) is 0.560. The molecule has 0 spiro atoms. The van der Waals surface area contributed by atoms with Gasteiger partial charge in [-0.3, -0.25) is 9.59 Å². The standard InChI is InChI=1S/C25H32O12/c1-12-19-18(36-22(12)29)10-16(11-26)8-7-9-17(23(30)33-6)20(35-15(4)28)21(19)37-24(31)25(5,32)13(2)34-14(3)27/h9-10,13,18-21,26,32H,1,7-8,11H2,2-6H3. The van der Waals surface area contributed by atoms with Gasteiger partial charge >= 0.3 is 29.8 Å². The summed E-state index contributed by atoms with van der Waals surface area (Å²) in [6, 6.07) is 0. The van der Waals surface area contributed by atoms with Gasteiger partial charge < -0.3 is 33.9 Å². The molecule has 2 rings (SSSR count). The number of esters is 5. The summed E-state index contributed by atoms with van der Waals surface area (Å²) >= 11 is 0. The molecule has 2 aliphatic rings. The number of aliphatic hydroxyl groups excluding tert-OH is 1. The average Bonchev–Trinajstić information content (AvgIpc) is 3.09. The highest BCUT2D eigenvalue weighted by atomic mass is 16.6. The van der Waals surface area contributed by atoms with E-state index in [9.17, 15) is 34.2 Å². The lowest BCUT2D eigenvalue weighted by Crippen LogP contribution is -2.53. The number of allylic oxidation sites excluding steroid dienone is 1. The summed E-state index contributed by atoms with van der Waals surface area (Å²) in [5.41, 5.74) is -2.28. The van der Waals surface area contributed by atoms with Crippen LogP contribution in [0.4, 0.5) is 0 Å². The lowest BCUT2D eigenvalue weighted by atomic mass is 9.83. The molecule has 0 bridgehead atoms. The third-order valence-corrected chi connectivity index (χ3v) is 6.16. The fourth-order valence-corrected chi connectivity index (χ4v) is 4.01. The molecule has 0 saturated carbocycles. The normalized spacial score (nSPS) is 26.2. The average molecular weight is 525 g/mol. The van der Waals surface area contributed by atoms with Gasteiger partial charge in [0.25, 0.3) is 0 Å². The Morgan fingerprint density at radius 2 is 1.86 bits per heavy atom. The van der Waals surface area contributed by atoms with Crippen LogP contribution in [0.15, 0.2) is 35.5 Å². The van der Waals surface area contributed by atoms with Crippen LogP contribution in [0.25, 0.3) is 0 Å². The van der Waals surface area contributed by atoms with E-state index in [1.165, 1.54) is 19.1 Å². The van der Waals surface area contributed by atoms with E-state index in [0.29, 0.717) is 5.57 Å². The van der Waals surface area contributed by atoms with E-state index >= 15 is 0 Å². The van der Waals surface area contributed by atoms with Gasteiger partial charge in [0.05, 0.1) is 25.2 Å². The quantitative estimate of drug-likeness (QED) is 0.204. The van der Waals surface area contributed by atoms with Crippen LogP contribution in [-0.4, -0.2) is 83.8 Å². The molecule has 1 fully saturated rings. The lowest BCUT2D eigenvalue weighted by Gasteiger charge is -2.36. The van der Waals surface area contributed by atoms with E-state index in [0.717, 1.165) is 27.9 Å². The number of fused-ring (bicyclic) bond motifs is 1. The van der Waals surface area contributed by atoms with Crippen molar-refractivity contribution in [1.29, 1.82) is 0 Å². The number of rotatable bonds is 7. The highest BCUT2D eigenvalue weighted by molar-refractivity contribution is 5.93. The molecule has 0 aromatic carbocycles. The van der Waals surface area contributed by atoms with Crippen LogP contribution >= 0.6 is 0 Å². The Hall–Kier alpha value is -3.51. The summed E-state index contributed by atoms with van der Waals surface area (Å²) in [5, 5.41) is 20.6. The third-order valence-electron chi connectivity index (χ3n) is 6.16. The molecule has 1 saturated heterocycles. The van der Waals surface area contributed by atoms with Crippen molar-refractivity contribution in [3.05, 3.63) is 35.5 Å². The second kappa shape index (κ2) is 12.2. The zero-order valence-electron chi connectivity index (χ0n) is 21.3. The first kappa shape index (κ1) is 29.7. The molecule has 204 valence electrons. The number of carbonyl (C=O) groups excluding carboxylic acids is 5. The van der Waals surface area contributed by atoms with Gasteiger partial charge in [-0.25, -0.2) is 14.4 Å². The Kier molecular flexibility index (Phi) is 9.76. The second-order valence-electron chi connectivity index (χ2n) is 8.89. The largest absolute Gasteiger partial charge is 0.466 e. The molecular formula is C25H32O12. The number of ether oxygens (including phenoxy) is 5. The van der Waals surface area contributed by atoms with Gasteiger partial charge in [0.2, 0.25) is 0 Å². The minimum absolute atomic E-state index is 0.161. The van der Waals surface area contributed by atoms with Crippen LogP contribution in [0.1, 0.15) is 40.5 Å². The van der Waals surface area contributed by atoms with E-state index < -0.39 is 65.8 Å². The molecule has 0 aromatic rings. The summed E-state index contributed by atoms with van der Waals surface area (Å²) in [5.74, 6) is -5.87. The number of carbonyl (C=O) groups is 5. The number of hydrogen-bond acceptors (Lipinski definition) is 12. The van der Waals surface area contributed by atoms with E-state index in [2.05, 4.69) is 6.58 Å². The van der Waals surface area contributed by atoms with Crippen molar-refractivity contribution in [2.24, 2.45) is 5.92 Å². The van der Waals surface area contributed by atoms with Crippen LogP contribution in [0.3, 0.4) is 0 Å². The predicted molar refractivity (Wildman–Crippen MR) is 124 cm³/mol. The summed E-state index contributed by atoms with van der Waals surface area (Å²) < 4.78 is 26.2. The molecule has 0 radical (unpaired) electrons. The highest BCUT2D eigenvalue weighted by Crippen LogP contribution is 2.38. The van der Waals surface area contributed by atoms with Gasteiger partial charge in [0.15, 0.2) is 17.8 Å². The molecule has 37 heavy (non-hydrogen) atoms. The molecule has 0 amide bonds. The molecule has 12 nitrogen and oxygen atoms in total. The topological polar surface area (TPSA) is 172 Å². The van der Waals surface area contributed by atoms with Crippen molar-refractivity contribution in [3.63, 3.8) is 0 Å². The minimum Gasteiger partial charge on any atom is -0.466 e. The third kappa shape index (κ3) is 6.83. The van der Waals surface area contributed by atoms with Crippen LogP contribution in [0, 0.1) is 5.92 Å². The highest BCUT2D eigenvalue weighted by Gasteiger charge is 2.52. The van der Waals surface area contributed by atoms with Crippen LogP contribution in [-0.2, 0) is 47.7 Å². The maximum Gasteiger partial charge on any atom is 0.342 e. The summed E-state index contributed by atoms with van der Waals surface area (Å²) in [7, 11) is 1.10. The van der Waals surface area contributed by atoms with Gasteiger partial charge in [-0.15, -0.1) is 0 Å². The van der Waals surface area contributed by atoms with E-state index in [-0.39, 0.29) is 30.6 Å². The maximum atomic E-state index is 13.2. The smallest absolute Gasteiger partial charge is 0.342 e. The Labute approximate surface area is 213 Å². The molecular weight excluding hydrogens is 492 g/mol. The molecule has 1 heterocycles. The van der Waals surface area contributed by atoms with Crippen molar-refractivity contribution < 1.29 is 57.9 Å². The first-order valence-corrected chi connectivity index (χ1v) is 11.5. The number of methoxy groups -OCH3 is 1. The Balaban J connectivity index is 2.71. The van der Waals surface area contributed by atoms with Crippen molar-refractivity contribution in [2.75, 3.05) is 13.7 Å². The lowest BCUT2D eigenvalue weighted by molar-refractivity contribution is -0.196. The van der Waals surface area contributed by atoms with E-state index in [4.69, 9.17) is 23.7 Å². The zero-order valence-corrected chi connectivity index (χ0v) is 21.3. The van der Waals surface area contributed by atoms with Gasteiger partial charge in [0, 0.05) is 19.4 Å². The number of hydrogen-bond donors (Lipinski definition) is 2. The fourth-order valence-electron chi connectivity index (χ4n) is 4.01. The van der Waals surface area contributed by atoms with Gasteiger partial charge in [-0.05, 0) is 38.3 Å². The van der Waals surface area contributed by atoms with E-state index in [1.807, 2.05) is 0 Å². The summed E-state index contributed by atoms with van der Waals surface area (Å²) in [6.45, 7) is 7.81. The van der Waals surface area contributed by atoms with Crippen molar-refractivity contribution >= 4 is 29.8 Å². The first-order valence-electron chi connectivity index (χ1n) is 11.5. The minimum atomic E-state index is -2.39. The zero-order chi connectivity index (χ0) is 28.1. The van der Waals surface area contributed by atoms with Crippen molar-refractivity contribution in [1.82, 2.24) is 0 Å². The summed E-state index contributed by atoms with van der Waals surface area (Å²) in [6.07, 6.45) is -2.38. The Morgan fingerprint density at radius 1 is 1.22 bits per heavy atom. The molecule has 1 aliphatic carbocycles. The predicted octanol–water partition coefficient (Wildman–Crippen LogP) is 0.442. The SMILES string of the molecule is C=C1C(=O)OC2C=C(CO)CCC=C(C(=O)OC)C(OC(C)=O)C(OC(=O)C(C)(O)C(C)OC(C)=O)C12. The number of aliphatic hydroxyl groups is 2. The van der Waals surface area contributed by atoms with Crippen molar-refractivity contribution in [2.45, 2.75) is 70.6 Å². The molecule has 6 unspecified atom stereocenters. The van der Waals surface area contributed by atoms with E-state index in [1.54, 1.807) is 0 Å². The molecule has 1 aliphatic heterocycles. The van der Waals surface area contributed by atoms with Gasteiger partial charge in [-0.1, -0.05) is 12.7 Å². The van der Waals surface area contributed by atoms with Crippen LogP contribution in [0.2, 0.25) is 0 Å². The molecule has 6 atom stereocenters. The first-order chi connectivity index (χ1) is 17.2. The van der Waals surface area contributed by atoms with Crippen LogP contribution < -0.4 is 0 Å². The maximum absolute atomic E-state index is 13.2. The molecule has 12 heteroatoms. The second-order valence-corrected chi connectivity index (χ2v) is 8.89.